The van der Waals surface area contributed by atoms with Crippen molar-refractivity contribution in [2.24, 2.45) is 5.41 Å². The van der Waals surface area contributed by atoms with Gasteiger partial charge in [0.25, 0.3) is 0 Å². The third-order valence-corrected chi connectivity index (χ3v) is 5.29. The van der Waals surface area contributed by atoms with Crippen LogP contribution in [0.1, 0.15) is 33.1 Å². The summed E-state index contributed by atoms with van der Waals surface area (Å²) in [6, 6.07) is 0. The van der Waals surface area contributed by atoms with Crippen molar-refractivity contribution in [2.45, 2.75) is 42.7 Å². The fourth-order valence-corrected chi connectivity index (χ4v) is 3.73. The molecule has 1 aromatic rings. The highest BCUT2D eigenvalue weighted by Gasteiger charge is 2.36. The third kappa shape index (κ3) is 2.58. The predicted octanol–water partition coefficient (Wildman–Crippen LogP) is 2.78. The van der Waals surface area contributed by atoms with Gasteiger partial charge in [-0.3, -0.25) is 4.79 Å². The lowest BCUT2D eigenvalue weighted by molar-refractivity contribution is -0.121. The van der Waals surface area contributed by atoms with E-state index in [1.54, 1.807) is 18.1 Å². The smallest absolute Gasteiger partial charge is 0.170 e. The number of carbonyl (C=O) groups is 1. The molecule has 3 nitrogen and oxygen atoms in total. The van der Waals surface area contributed by atoms with Gasteiger partial charge < -0.3 is 0 Å². The van der Waals surface area contributed by atoms with E-state index in [0.717, 1.165) is 17.2 Å². The zero-order valence-electron chi connectivity index (χ0n) is 8.90. The molecule has 0 spiro atoms. The Balaban J connectivity index is 2.08. The Morgan fingerprint density at radius 2 is 2.40 bits per heavy atom. The van der Waals surface area contributed by atoms with Gasteiger partial charge in [0.15, 0.2) is 4.34 Å². The molecule has 1 aromatic heterocycles. The quantitative estimate of drug-likeness (QED) is 0.800. The standard InChI is InChI=1S/C10H14N2OS2/c1-10(2)4-3-7(13)5-8(10)14-9-11-6-12-15-9/h6,8H,3-5H2,1-2H3. The minimum Gasteiger partial charge on any atom is -0.300 e. The summed E-state index contributed by atoms with van der Waals surface area (Å²) >= 11 is 3.12. The van der Waals surface area contributed by atoms with Crippen LogP contribution in [0.25, 0.3) is 0 Å². The van der Waals surface area contributed by atoms with Crippen LogP contribution in [0.5, 0.6) is 0 Å². The van der Waals surface area contributed by atoms with Gasteiger partial charge in [0.05, 0.1) is 0 Å². The summed E-state index contributed by atoms with van der Waals surface area (Å²) < 4.78 is 4.95. The number of hydrogen-bond donors (Lipinski definition) is 0. The SMILES string of the molecule is CC1(C)CCC(=O)CC1Sc1ncns1. The van der Waals surface area contributed by atoms with Gasteiger partial charge in [0, 0.05) is 18.1 Å². The number of carbonyl (C=O) groups excluding carboxylic acids is 1. The van der Waals surface area contributed by atoms with Crippen molar-refractivity contribution in [3.63, 3.8) is 0 Å². The molecule has 1 aliphatic carbocycles. The maximum absolute atomic E-state index is 11.4. The molecule has 0 aliphatic heterocycles. The molecule has 1 atom stereocenters. The van der Waals surface area contributed by atoms with Crippen molar-refractivity contribution in [3.8, 4) is 0 Å². The second kappa shape index (κ2) is 4.22. The number of rotatable bonds is 2. The maximum Gasteiger partial charge on any atom is 0.170 e. The molecule has 1 unspecified atom stereocenters. The molecule has 0 amide bonds. The molecule has 1 aliphatic rings. The van der Waals surface area contributed by atoms with Crippen LogP contribution in [-0.4, -0.2) is 20.4 Å². The lowest BCUT2D eigenvalue weighted by Gasteiger charge is -2.36. The van der Waals surface area contributed by atoms with Gasteiger partial charge in [0.1, 0.15) is 12.1 Å². The lowest BCUT2D eigenvalue weighted by atomic mass is 9.76. The Kier molecular flexibility index (Phi) is 3.11. The Labute approximate surface area is 97.9 Å². The molecule has 1 saturated carbocycles. The Hall–Kier alpha value is -0.420. The molecule has 0 aromatic carbocycles. The van der Waals surface area contributed by atoms with Crippen molar-refractivity contribution < 1.29 is 4.79 Å². The van der Waals surface area contributed by atoms with Gasteiger partial charge in [0.2, 0.25) is 0 Å². The highest BCUT2D eigenvalue weighted by Crippen LogP contribution is 2.44. The summed E-state index contributed by atoms with van der Waals surface area (Å²) in [7, 11) is 0. The molecule has 5 heteroatoms. The van der Waals surface area contributed by atoms with Crippen molar-refractivity contribution in [3.05, 3.63) is 6.33 Å². The molecule has 0 radical (unpaired) electrons. The predicted molar refractivity (Wildman–Crippen MR) is 62.2 cm³/mol. The van der Waals surface area contributed by atoms with E-state index in [1.165, 1.54) is 11.5 Å². The fraction of sp³-hybridized carbons (Fsp3) is 0.700. The van der Waals surface area contributed by atoms with E-state index in [0.29, 0.717) is 17.5 Å². The van der Waals surface area contributed by atoms with Gasteiger partial charge in [-0.2, -0.15) is 4.37 Å². The van der Waals surface area contributed by atoms with Crippen molar-refractivity contribution >= 4 is 29.1 Å². The van der Waals surface area contributed by atoms with Gasteiger partial charge in [-0.25, -0.2) is 4.98 Å². The van der Waals surface area contributed by atoms with E-state index < -0.39 is 0 Å². The van der Waals surface area contributed by atoms with Crippen LogP contribution < -0.4 is 0 Å². The van der Waals surface area contributed by atoms with Crippen molar-refractivity contribution in [1.29, 1.82) is 0 Å². The number of ketones is 1. The van der Waals surface area contributed by atoms with Crippen LogP contribution in [0, 0.1) is 5.41 Å². The topological polar surface area (TPSA) is 42.9 Å². The molecule has 15 heavy (non-hydrogen) atoms. The second-order valence-electron chi connectivity index (χ2n) is 4.55. The molecular weight excluding hydrogens is 228 g/mol. The number of nitrogens with zero attached hydrogens (tertiary/aromatic N) is 2. The third-order valence-electron chi connectivity index (χ3n) is 2.92. The van der Waals surface area contributed by atoms with E-state index in [4.69, 9.17) is 0 Å². The van der Waals surface area contributed by atoms with Gasteiger partial charge in [-0.15, -0.1) is 0 Å². The van der Waals surface area contributed by atoms with Crippen LogP contribution in [0.2, 0.25) is 0 Å². The Morgan fingerprint density at radius 1 is 1.60 bits per heavy atom. The fourth-order valence-electron chi connectivity index (χ4n) is 1.75. The number of aromatic nitrogens is 2. The summed E-state index contributed by atoms with van der Waals surface area (Å²) in [5.74, 6) is 0.386. The number of hydrogen-bond acceptors (Lipinski definition) is 5. The lowest BCUT2D eigenvalue weighted by Crippen LogP contribution is -2.34. The van der Waals surface area contributed by atoms with Crippen LogP contribution in [-0.2, 0) is 4.79 Å². The first kappa shape index (κ1) is 11.1. The highest BCUT2D eigenvalue weighted by atomic mass is 32.2. The maximum atomic E-state index is 11.4. The normalized spacial score (nSPS) is 25.5. The first-order valence-electron chi connectivity index (χ1n) is 5.03. The van der Waals surface area contributed by atoms with Gasteiger partial charge in [-0.05, 0) is 23.4 Å². The average molecular weight is 242 g/mol. The Morgan fingerprint density at radius 3 is 3.07 bits per heavy atom. The molecular formula is C10H14N2OS2. The number of Topliss-reactive ketones (excluding diaryl/α,β-unsaturated/α-hetero) is 1. The minimum atomic E-state index is 0.226. The van der Waals surface area contributed by atoms with E-state index in [-0.39, 0.29) is 5.41 Å². The Bertz CT molecular complexity index is 348. The summed E-state index contributed by atoms with van der Waals surface area (Å²) in [6.45, 7) is 4.47. The van der Waals surface area contributed by atoms with Crippen molar-refractivity contribution in [2.75, 3.05) is 0 Å². The van der Waals surface area contributed by atoms with E-state index in [9.17, 15) is 4.79 Å². The second-order valence-corrected chi connectivity index (χ2v) is 6.77. The molecule has 1 heterocycles. The van der Waals surface area contributed by atoms with Crippen LogP contribution in [0.15, 0.2) is 10.7 Å². The minimum absolute atomic E-state index is 0.226. The summed E-state index contributed by atoms with van der Waals surface area (Å²) in [6.07, 6.45) is 3.98. The first-order valence-corrected chi connectivity index (χ1v) is 6.68. The monoisotopic (exact) mass is 242 g/mol. The molecule has 0 bridgehead atoms. The number of thioether (sulfide) groups is 1. The van der Waals surface area contributed by atoms with Crippen LogP contribution in [0.3, 0.4) is 0 Å². The van der Waals surface area contributed by atoms with Crippen LogP contribution in [0.4, 0.5) is 0 Å². The van der Waals surface area contributed by atoms with Crippen LogP contribution >= 0.6 is 23.3 Å². The van der Waals surface area contributed by atoms with Gasteiger partial charge in [-0.1, -0.05) is 25.6 Å². The van der Waals surface area contributed by atoms with Gasteiger partial charge >= 0.3 is 0 Å². The first-order chi connectivity index (χ1) is 7.08. The average Bonchev–Trinajstić information content (AvgIpc) is 2.65. The summed E-state index contributed by atoms with van der Waals surface area (Å²) in [4.78, 5) is 15.6. The summed E-state index contributed by atoms with van der Waals surface area (Å²) in [5, 5.41) is 0.353. The zero-order valence-corrected chi connectivity index (χ0v) is 10.5. The highest BCUT2D eigenvalue weighted by molar-refractivity contribution is 8.01. The molecule has 2 rings (SSSR count). The van der Waals surface area contributed by atoms with E-state index >= 15 is 0 Å². The van der Waals surface area contributed by atoms with Crippen molar-refractivity contribution in [1.82, 2.24) is 9.36 Å². The molecule has 0 saturated heterocycles. The molecule has 1 fully saturated rings. The molecule has 82 valence electrons. The van der Waals surface area contributed by atoms with E-state index in [1.807, 2.05) is 0 Å². The zero-order chi connectivity index (χ0) is 10.9. The van der Waals surface area contributed by atoms with E-state index in [2.05, 4.69) is 23.2 Å². The molecule has 0 N–H and O–H groups in total. The largest absolute Gasteiger partial charge is 0.300 e. The summed E-state index contributed by atoms with van der Waals surface area (Å²) in [5.41, 5.74) is 0.226.